The normalized spacial score (nSPS) is 27.5. The molecule has 0 bridgehead atoms. The number of rotatable bonds is 55. The monoisotopic (exact) mass is 1390 g/mol. The SMILES string of the molecule is CC/C=C\C/C=C\C/C=C\C/C=C\C/C=C\C/C=C\C/C=C\C/C=C\C/C=C\C/C=C\C/C=C\CCCCCCCC(=O)NC(COC1OC(CO)C(OC2OC(CO)C(OC3OC(CO)C(O)C(O)C3O)C(O)C2O)C(O)C1O)C(O)/C=C/CC/C=C/CCCCCCCCCCC. The molecule has 0 spiro atoms. The fraction of sp³-hybridized carbons (Fsp3) is 0.662. The van der Waals surface area contributed by atoms with Crippen LogP contribution in [0, 0.1) is 0 Å². The number of aliphatic hydroxyl groups excluding tert-OH is 11. The molecule has 19 nitrogen and oxygen atoms in total. The van der Waals surface area contributed by atoms with Gasteiger partial charge in [-0.05, 0) is 116 Å². The summed E-state index contributed by atoms with van der Waals surface area (Å²) >= 11 is 0. The van der Waals surface area contributed by atoms with Crippen molar-refractivity contribution in [1.29, 1.82) is 0 Å². The van der Waals surface area contributed by atoms with Crippen molar-refractivity contribution in [2.45, 2.75) is 311 Å². The second-order valence-corrected chi connectivity index (χ2v) is 25.7. The number of unbranched alkanes of at least 4 members (excludes halogenated alkanes) is 15. The van der Waals surface area contributed by atoms with Gasteiger partial charge >= 0.3 is 0 Å². The van der Waals surface area contributed by atoms with E-state index in [-0.39, 0.29) is 18.9 Å². The molecule has 3 heterocycles. The molecule has 0 aliphatic carbocycles. The van der Waals surface area contributed by atoms with Crippen LogP contribution in [0.1, 0.15) is 206 Å². The number of aliphatic hydroxyl groups is 11. The second-order valence-electron chi connectivity index (χ2n) is 25.7. The van der Waals surface area contributed by atoms with Gasteiger partial charge in [0.05, 0.1) is 38.6 Å². The molecule has 17 unspecified atom stereocenters. The molecular formula is C80H129NO18. The first-order chi connectivity index (χ1) is 48.3. The summed E-state index contributed by atoms with van der Waals surface area (Å²) in [5.74, 6) is -0.312. The van der Waals surface area contributed by atoms with E-state index in [1.54, 1.807) is 6.08 Å². The van der Waals surface area contributed by atoms with E-state index in [1.165, 1.54) is 51.4 Å². The number of amides is 1. The minimum Gasteiger partial charge on any atom is -0.394 e. The third-order valence-electron chi connectivity index (χ3n) is 17.3. The molecule has 562 valence electrons. The second kappa shape index (κ2) is 58.9. The summed E-state index contributed by atoms with van der Waals surface area (Å²) in [4.78, 5) is 13.4. The highest BCUT2D eigenvalue weighted by Crippen LogP contribution is 2.33. The maximum absolute atomic E-state index is 13.4. The molecule has 99 heavy (non-hydrogen) atoms. The summed E-state index contributed by atoms with van der Waals surface area (Å²) in [6.45, 7) is 1.55. The predicted molar refractivity (Wildman–Crippen MR) is 392 cm³/mol. The third kappa shape index (κ3) is 39.6. The Labute approximate surface area is 593 Å². The van der Waals surface area contributed by atoms with E-state index in [2.05, 4.69) is 165 Å². The molecule has 0 radical (unpaired) electrons. The minimum absolute atomic E-state index is 0.202. The van der Waals surface area contributed by atoms with Gasteiger partial charge in [0.2, 0.25) is 5.91 Å². The highest BCUT2D eigenvalue weighted by atomic mass is 16.8. The average Bonchev–Trinajstić information content (AvgIpc) is 0.784. The Balaban J connectivity index is 1.37. The molecule has 0 aromatic heterocycles. The first-order valence-electron chi connectivity index (χ1n) is 37.2. The zero-order chi connectivity index (χ0) is 71.8. The van der Waals surface area contributed by atoms with Crippen molar-refractivity contribution in [3.63, 3.8) is 0 Å². The van der Waals surface area contributed by atoms with E-state index in [4.69, 9.17) is 28.4 Å². The Hall–Kier alpha value is -4.59. The summed E-state index contributed by atoms with van der Waals surface area (Å²) < 4.78 is 34.3. The van der Waals surface area contributed by atoms with Crippen LogP contribution in [0.25, 0.3) is 0 Å². The Morgan fingerprint density at radius 3 is 1.13 bits per heavy atom. The Morgan fingerprint density at radius 1 is 0.374 bits per heavy atom. The molecule has 3 rings (SSSR count). The van der Waals surface area contributed by atoms with E-state index >= 15 is 0 Å². The molecule has 3 fully saturated rings. The van der Waals surface area contributed by atoms with Gasteiger partial charge in [-0.25, -0.2) is 0 Å². The van der Waals surface area contributed by atoms with Crippen LogP contribution in [-0.2, 0) is 33.2 Å². The fourth-order valence-electron chi connectivity index (χ4n) is 11.3. The van der Waals surface area contributed by atoms with E-state index in [9.17, 15) is 61.0 Å². The molecule has 3 aliphatic rings. The Bertz CT molecular complexity index is 2410. The number of nitrogens with one attached hydrogen (secondary N) is 1. The smallest absolute Gasteiger partial charge is 0.220 e. The standard InChI is InChI=1S/C80H129NO18/c1-3-5-7-9-11-13-15-17-19-20-21-22-23-24-25-26-27-28-29-30-31-32-33-34-35-36-37-38-39-40-41-42-44-46-48-50-52-54-56-58-68(86)81-63(64(85)57-55-53-51-49-47-45-43-18-16-14-12-10-8-6-4-2)62-94-78-74(92)71(89)76(66(60-83)96-78)99-80-75(93)72(90)77(67(61-84)97-80)98-79-73(91)70(88)69(87)65(59-82)95-79/h5,7,11,13,17,19,21-22,24-25,27-28,30-31,33-34,36-37,39-40,42,44,47,49,55,57,63-67,69-80,82-85,87-93H,3-4,6,8-10,12,14-16,18,20,23,26,29,32,35,38,41,43,45-46,48,50-54,56,58-62H2,1-2H3,(H,81,86)/b7-5-,13-11-,19-17-,22-21-,25-24-,28-27-,31-30-,34-33-,37-36-,40-39-,44-42-,49-47+,57-55+. The van der Waals surface area contributed by atoms with E-state index in [0.717, 1.165) is 122 Å². The van der Waals surface area contributed by atoms with Gasteiger partial charge in [-0.15, -0.1) is 0 Å². The van der Waals surface area contributed by atoms with Crippen molar-refractivity contribution < 1.29 is 89.4 Å². The molecular weight excluding hydrogens is 1260 g/mol. The molecule has 0 aromatic carbocycles. The van der Waals surface area contributed by atoms with Crippen LogP contribution >= 0.6 is 0 Å². The van der Waals surface area contributed by atoms with Crippen molar-refractivity contribution in [2.75, 3.05) is 26.4 Å². The van der Waals surface area contributed by atoms with Crippen LogP contribution < -0.4 is 5.32 Å². The molecule has 3 aliphatic heterocycles. The average molecular weight is 1390 g/mol. The first kappa shape index (κ1) is 88.6. The summed E-state index contributed by atoms with van der Waals surface area (Å²) in [5.41, 5.74) is 0. The first-order valence-corrected chi connectivity index (χ1v) is 37.2. The summed E-state index contributed by atoms with van der Waals surface area (Å²) in [6, 6.07) is -1.01. The maximum Gasteiger partial charge on any atom is 0.220 e. The summed E-state index contributed by atoms with van der Waals surface area (Å²) in [5, 5.41) is 120. The van der Waals surface area contributed by atoms with Crippen LogP contribution in [0.4, 0.5) is 0 Å². The number of carbonyl (C=O) groups excluding carboxylic acids is 1. The zero-order valence-corrected chi connectivity index (χ0v) is 59.6. The lowest BCUT2D eigenvalue weighted by Crippen LogP contribution is -2.66. The lowest BCUT2D eigenvalue weighted by molar-refractivity contribution is -0.379. The van der Waals surface area contributed by atoms with Crippen LogP contribution in [0.3, 0.4) is 0 Å². The zero-order valence-electron chi connectivity index (χ0n) is 59.6. The molecule has 0 saturated carbocycles. The van der Waals surface area contributed by atoms with Crippen LogP contribution in [-0.4, -0.2) is 193 Å². The number of allylic oxidation sites excluding steroid dienone is 25. The van der Waals surface area contributed by atoms with Crippen LogP contribution in [0.2, 0.25) is 0 Å². The molecule has 12 N–H and O–H groups in total. The minimum atomic E-state index is -1.99. The van der Waals surface area contributed by atoms with Crippen molar-refractivity contribution in [2.24, 2.45) is 0 Å². The lowest BCUT2D eigenvalue weighted by atomic mass is 9.96. The molecule has 3 saturated heterocycles. The summed E-state index contributed by atoms with van der Waals surface area (Å²) in [6.07, 6.45) is 59.4. The quantitative estimate of drug-likeness (QED) is 0.0199. The van der Waals surface area contributed by atoms with Crippen LogP contribution in [0.5, 0.6) is 0 Å². The summed E-state index contributed by atoms with van der Waals surface area (Å²) in [7, 11) is 0. The van der Waals surface area contributed by atoms with Crippen molar-refractivity contribution in [1.82, 2.24) is 5.32 Å². The van der Waals surface area contributed by atoms with E-state index < -0.39 is 124 Å². The lowest BCUT2D eigenvalue weighted by Gasteiger charge is -2.48. The van der Waals surface area contributed by atoms with Gasteiger partial charge in [0.25, 0.3) is 0 Å². The van der Waals surface area contributed by atoms with Gasteiger partial charge in [0.1, 0.15) is 73.2 Å². The number of hydrogen-bond acceptors (Lipinski definition) is 18. The van der Waals surface area contributed by atoms with E-state index in [1.807, 2.05) is 6.08 Å². The van der Waals surface area contributed by atoms with Gasteiger partial charge in [0, 0.05) is 6.42 Å². The Kier molecular flexibility index (Phi) is 52.7. The Morgan fingerprint density at radius 2 is 0.707 bits per heavy atom. The molecule has 0 aromatic rings. The number of hydrogen-bond donors (Lipinski definition) is 12. The number of carbonyl (C=O) groups is 1. The van der Waals surface area contributed by atoms with Gasteiger partial charge < -0.3 is 89.9 Å². The van der Waals surface area contributed by atoms with Gasteiger partial charge in [-0.2, -0.15) is 0 Å². The van der Waals surface area contributed by atoms with Crippen molar-refractivity contribution >= 4 is 5.91 Å². The maximum atomic E-state index is 13.4. The predicted octanol–water partition coefficient (Wildman–Crippen LogP) is 11.3. The molecule has 1 amide bonds. The highest BCUT2D eigenvalue weighted by Gasteiger charge is 2.53. The van der Waals surface area contributed by atoms with Gasteiger partial charge in [-0.1, -0.05) is 242 Å². The van der Waals surface area contributed by atoms with E-state index in [0.29, 0.717) is 12.8 Å². The van der Waals surface area contributed by atoms with Crippen LogP contribution in [0.15, 0.2) is 158 Å². The van der Waals surface area contributed by atoms with Gasteiger partial charge in [0.15, 0.2) is 18.9 Å². The largest absolute Gasteiger partial charge is 0.394 e. The molecule has 19 heteroatoms. The fourth-order valence-corrected chi connectivity index (χ4v) is 11.3. The third-order valence-corrected chi connectivity index (χ3v) is 17.3. The van der Waals surface area contributed by atoms with Gasteiger partial charge in [-0.3, -0.25) is 4.79 Å². The van der Waals surface area contributed by atoms with Crippen molar-refractivity contribution in [3.8, 4) is 0 Å². The molecule has 17 atom stereocenters. The van der Waals surface area contributed by atoms with Crippen molar-refractivity contribution in [3.05, 3.63) is 158 Å². The highest BCUT2D eigenvalue weighted by molar-refractivity contribution is 5.76. The topological polar surface area (TPSA) is 307 Å². The number of ether oxygens (including phenoxy) is 6.